The van der Waals surface area contributed by atoms with E-state index in [1.165, 1.54) is 0 Å². The zero-order valence-electron chi connectivity index (χ0n) is 15.2. The smallest absolute Gasteiger partial charge is 0.290 e. The summed E-state index contributed by atoms with van der Waals surface area (Å²) in [5, 5.41) is 2.99. The molecule has 2 aliphatic heterocycles. The fraction of sp³-hybridized carbons (Fsp3) is 0.667. The lowest BCUT2D eigenvalue weighted by molar-refractivity contribution is -0.130. The van der Waals surface area contributed by atoms with Crippen LogP contribution >= 0.6 is 0 Å². The molecule has 0 atom stereocenters. The minimum Gasteiger partial charge on any atom is -0.348 e. The van der Waals surface area contributed by atoms with E-state index < -0.39 is 0 Å². The van der Waals surface area contributed by atoms with Gasteiger partial charge in [-0.1, -0.05) is 0 Å². The molecule has 8 heteroatoms. The molecular weight excluding hydrogens is 334 g/mol. The van der Waals surface area contributed by atoms with Gasteiger partial charge in [0.15, 0.2) is 5.82 Å². The highest BCUT2D eigenvalue weighted by molar-refractivity contribution is 5.97. The second kappa shape index (κ2) is 6.74. The Bertz CT molecular complexity index is 744. The van der Waals surface area contributed by atoms with Crippen LogP contribution in [0.4, 0.5) is 0 Å². The minimum atomic E-state index is -0.154. The van der Waals surface area contributed by atoms with Crippen LogP contribution in [0.15, 0.2) is 0 Å². The van der Waals surface area contributed by atoms with Gasteiger partial charge in [0.25, 0.3) is 11.8 Å². The highest BCUT2D eigenvalue weighted by Crippen LogP contribution is 2.24. The number of aromatic nitrogens is 2. The van der Waals surface area contributed by atoms with Crippen LogP contribution in [-0.2, 0) is 17.8 Å². The van der Waals surface area contributed by atoms with Gasteiger partial charge in [-0.2, -0.15) is 0 Å². The van der Waals surface area contributed by atoms with Crippen molar-refractivity contribution in [1.29, 1.82) is 0 Å². The molecule has 26 heavy (non-hydrogen) atoms. The molecule has 4 rings (SSSR count). The van der Waals surface area contributed by atoms with Gasteiger partial charge in [0.2, 0.25) is 5.91 Å². The van der Waals surface area contributed by atoms with Gasteiger partial charge in [0.1, 0.15) is 5.69 Å². The number of carbonyl (C=O) groups excluding carboxylic acids is 3. The van der Waals surface area contributed by atoms with Crippen LogP contribution in [0.5, 0.6) is 0 Å². The van der Waals surface area contributed by atoms with Crippen LogP contribution in [0.1, 0.15) is 59.4 Å². The summed E-state index contributed by atoms with van der Waals surface area (Å²) in [6, 6.07) is 0.266. The predicted molar refractivity (Wildman–Crippen MR) is 93.8 cm³/mol. The van der Waals surface area contributed by atoms with Gasteiger partial charge >= 0.3 is 0 Å². The lowest BCUT2D eigenvalue weighted by atomic mass is 10.1. The molecule has 8 nitrogen and oxygen atoms in total. The Kier molecular flexibility index (Phi) is 4.42. The number of piperazine rings is 1. The molecule has 1 aliphatic carbocycles. The third-order valence-corrected chi connectivity index (χ3v) is 5.45. The second-order valence-corrected chi connectivity index (χ2v) is 7.39. The van der Waals surface area contributed by atoms with Crippen molar-refractivity contribution in [3.8, 4) is 0 Å². The molecule has 3 heterocycles. The highest BCUT2D eigenvalue weighted by atomic mass is 16.2. The quantitative estimate of drug-likeness (QED) is 0.847. The molecule has 1 saturated carbocycles. The third-order valence-electron chi connectivity index (χ3n) is 5.45. The number of imidazole rings is 1. The van der Waals surface area contributed by atoms with Gasteiger partial charge in [-0.25, -0.2) is 4.98 Å². The van der Waals surface area contributed by atoms with E-state index in [4.69, 9.17) is 0 Å². The molecule has 0 bridgehead atoms. The lowest BCUT2D eigenvalue weighted by Crippen LogP contribution is -2.50. The summed E-state index contributed by atoms with van der Waals surface area (Å²) in [4.78, 5) is 45.0. The summed E-state index contributed by atoms with van der Waals surface area (Å²) in [7, 11) is 0. The van der Waals surface area contributed by atoms with Crippen molar-refractivity contribution in [1.82, 2.24) is 24.7 Å². The van der Waals surface area contributed by atoms with Crippen molar-refractivity contribution in [2.75, 3.05) is 26.2 Å². The van der Waals surface area contributed by atoms with Crippen LogP contribution in [0.2, 0.25) is 0 Å². The van der Waals surface area contributed by atoms with Gasteiger partial charge in [-0.15, -0.1) is 0 Å². The van der Waals surface area contributed by atoms with Gasteiger partial charge in [0, 0.05) is 45.7 Å². The fourth-order valence-electron chi connectivity index (χ4n) is 3.74. The Morgan fingerprint density at radius 3 is 2.35 bits per heavy atom. The molecule has 0 spiro atoms. The molecule has 3 amide bonds. The summed E-state index contributed by atoms with van der Waals surface area (Å²) >= 11 is 0. The van der Waals surface area contributed by atoms with Crippen molar-refractivity contribution in [2.45, 2.75) is 51.6 Å². The number of nitrogens with zero attached hydrogens (tertiary/aromatic N) is 4. The first-order valence-corrected chi connectivity index (χ1v) is 9.49. The Labute approximate surface area is 152 Å². The van der Waals surface area contributed by atoms with Crippen LogP contribution in [-0.4, -0.2) is 69.3 Å². The summed E-state index contributed by atoms with van der Waals surface area (Å²) in [6.45, 7) is 4.38. The molecule has 140 valence electrons. The molecule has 0 radical (unpaired) electrons. The Morgan fingerprint density at radius 2 is 1.69 bits per heavy atom. The van der Waals surface area contributed by atoms with E-state index in [-0.39, 0.29) is 23.8 Å². The Balaban J connectivity index is 1.55. The maximum absolute atomic E-state index is 13.0. The fourth-order valence-corrected chi connectivity index (χ4v) is 3.74. The molecule has 3 aliphatic rings. The number of rotatable bonds is 3. The average Bonchev–Trinajstić information content (AvgIpc) is 3.38. The first kappa shape index (κ1) is 17.1. The molecular formula is C18H25N5O3. The normalized spacial score (nSPS) is 19.9. The number of hydrogen-bond acceptors (Lipinski definition) is 4. The molecule has 1 N–H and O–H groups in total. The van der Waals surface area contributed by atoms with Gasteiger partial charge < -0.3 is 19.7 Å². The van der Waals surface area contributed by atoms with Crippen molar-refractivity contribution in [3.63, 3.8) is 0 Å². The summed E-state index contributed by atoms with van der Waals surface area (Å²) in [5.74, 6) is 0.117. The van der Waals surface area contributed by atoms with Crippen LogP contribution in [0.25, 0.3) is 0 Å². The average molecular weight is 359 g/mol. The second-order valence-electron chi connectivity index (χ2n) is 7.39. The van der Waals surface area contributed by atoms with Crippen molar-refractivity contribution in [3.05, 3.63) is 17.2 Å². The number of nitrogens with one attached hydrogen (secondary N) is 1. The minimum absolute atomic E-state index is 0.0364. The predicted octanol–water partition coefficient (Wildman–Crippen LogP) is 0.416. The number of amides is 3. The van der Waals surface area contributed by atoms with E-state index in [1.807, 2.05) is 4.57 Å². The first-order chi connectivity index (χ1) is 12.5. The topological polar surface area (TPSA) is 87.5 Å². The van der Waals surface area contributed by atoms with E-state index in [1.54, 1.807) is 16.7 Å². The maximum atomic E-state index is 13.0. The molecule has 1 saturated heterocycles. The molecule has 1 aromatic heterocycles. The van der Waals surface area contributed by atoms with Crippen molar-refractivity contribution in [2.24, 2.45) is 0 Å². The van der Waals surface area contributed by atoms with E-state index in [0.717, 1.165) is 44.3 Å². The van der Waals surface area contributed by atoms with E-state index in [2.05, 4.69) is 10.3 Å². The van der Waals surface area contributed by atoms with Gasteiger partial charge in [0.05, 0.1) is 5.69 Å². The van der Waals surface area contributed by atoms with Crippen LogP contribution in [0, 0.1) is 0 Å². The largest absolute Gasteiger partial charge is 0.348 e. The number of carbonyl (C=O) groups is 3. The van der Waals surface area contributed by atoms with Gasteiger partial charge in [-0.05, 0) is 32.1 Å². The summed E-state index contributed by atoms with van der Waals surface area (Å²) < 4.78 is 1.94. The Hall–Kier alpha value is -2.38. The zero-order valence-corrected chi connectivity index (χ0v) is 15.2. The zero-order chi connectivity index (χ0) is 18.3. The van der Waals surface area contributed by atoms with Crippen molar-refractivity contribution >= 4 is 17.7 Å². The molecule has 0 unspecified atom stereocenters. The van der Waals surface area contributed by atoms with Crippen LogP contribution < -0.4 is 5.32 Å². The van der Waals surface area contributed by atoms with E-state index in [9.17, 15) is 14.4 Å². The van der Waals surface area contributed by atoms with Crippen molar-refractivity contribution < 1.29 is 14.4 Å². The monoisotopic (exact) mass is 359 g/mol. The number of fused-ring (bicyclic) bond motifs is 1. The lowest BCUT2D eigenvalue weighted by Gasteiger charge is -2.34. The maximum Gasteiger partial charge on any atom is 0.290 e. The summed E-state index contributed by atoms with van der Waals surface area (Å²) in [5.41, 5.74) is 1.31. The third kappa shape index (κ3) is 3.20. The standard InChI is InChI=1S/C18H25N5O3/c1-12(24)21-8-10-22(11-9-21)18(26)16-20-15(17(25)19-13-5-6-13)14-4-2-3-7-23(14)16/h13H,2-11H2,1H3,(H,19,25). The first-order valence-electron chi connectivity index (χ1n) is 9.49. The molecule has 0 aromatic carbocycles. The molecule has 1 aromatic rings. The van der Waals surface area contributed by atoms with Gasteiger partial charge in [-0.3, -0.25) is 14.4 Å². The Morgan fingerprint density at radius 1 is 1.00 bits per heavy atom. The molecule has 2 fully saturated rings. The SMILES string of the molecule is CC(=O)N1CCN(C(=O)c2nc(C(=O)NC3CC3)c3n2CCCC3)CC1. The van der Waals surface area contributed by atoms with E-state index in [0.29, 0.717) is 37.7 Å². The van der Waals surface area contributed by atoms with Crippen LogP contribution in [0.3, 0.4) is 0 Å². The van der Waals surface area contributed by atoms with E-state index >= 15 is 0 Å². The highest BCUT2D eigenvalue weighted by Gasteiger charge is 2.33. The number of hydrogen-bond donors (Lipinski definition) is 1. The summed E-state index contributed by atoms with van der Waals surface area (Å²) in [6.07, 6.45) is 4.83.